The molecule has 0 aromatic heterocycles. The van der Waals surface area contributed by atoms with Crippen LogP contribution in [-0.4, -0.2) is 26.0 Å². The van der Waals surface area contributed by atoms with E-state index >= 15 is 0 Å². The molecule has 1 aliphatic heterocycles. The highest BCUT2D eigenvalue weighted by molar-refractivity contribution is 9.11. The van der Waals surface area contributed by atoms with Gasteiger partial charge in [0.25, 0.3) is 5.91 Å². The summed E-state index contributed by atoms with van der Waals surface area (Å²) >= 11 is 6.90. The average molecular weight is 410 g/mol. The lowest BCUT2D eigenvalue weighted by Gasteiger charge is -2.35. The molecule has 1 amide bonds. The molecule has 0 atom stereocenters. The van der Waals surface area contributed by atoms with Gasteiger partial charge in [-0.2, -0.15) is 0 Å². The maximum absolute atomic E-state index is 12.9. The zero-order valence-electron chi connectivity index (χ0n) is 11.5. The Hall–Kier alpha value is -1.33. The average Bonchev–Trinajstić information content (AvgIpc) is 2.50. The first-order chi connectivity index (χ1) is 10.1. The number of para-hydroxylation sites is 2. The highest BCUT2D eigenvalue weighted by Crippen LogP contribution is 2.34. The topological polar surface area (TPSA) is 23.6 Å². The van der Waals surface area contributed by atoms with Crippen molar-refractivity contribution in [1.82, 2.24) is 0 Å². The van der Waals surface area contributed by atoms with E-state index < -0.39 is 0 Å². The first-order valence-corrected chi connectivity index (χ1v) is 8.23. The number of fused-ring (bicyclic) bond motifs is 1. The van der Waals surface area contributed by atoms with Crippen molar-refractivity contribution in [3.63, 3.8) is 0 Å². The second-order valence-electron chi connectivity index (χ2n) is 4.99. The maximum atomic E-state index is 12.9. The van der Waals surface area contributed by atoms with Crippen LogP contribution in [0, 0.1) is 0 Å². The summed E-state index contributed by atoms with van der Waals surface area (Å²) in [5.74, 6) is 0.0173. The van der Waals surface area contributed by atoms with Crippen LogP contribution in [0.4, 0.5) is 11.4 Å². The van der Waals surface area contributed by atoms with Crippen LogP contribution in [-0.2, 0) is 0 Å². The van der Waals surface area contributed by atoms with Crippen molar-refractivity contribution in [2.24, 2.45) is 0 Å². The van der Waals surface area contributed by atoms with E-state index in [-0.39, 0.29) is 5.91 Å². The summed E-state index contributed by atoms with van der Waals surface area (Å²) in [4.78, 5) is 16.9. The Kier molecular flexibility index (Phi) is 4.04. The Labute approximate surface area is 140 Å². The third kappa shape index (κ3) is 2.72. The number of halogens is 2. The van der Waals surface area contributed by atoms with Crippen LogP contribution >= 0.6 is 31.9 Å². The van der Waals surface area contributed by atoms with Gasteiger partial charge >= 0.3 is 0 Å². The molecule has 0 N–H and O–H groups in total. The van der Waals surface area contributed by atoms with Gasteiger partial charge in [-0.05, 0) is 46.3 Å². The van der Waals surface area contributed by atoms with E-state index in [1.54, 1.807) is 0 Å². The predicted molar refractivity (Wildman–Crippen MR) is 93.2 cm³/mol. The molecule has 0 radical (unpaired) electrons. The molecule has 2 aromatic rings. The second-order valence-corrected chi connectivity index (χ2v) is 6.76. The van der Waals surface area contributed by atoms with Crippen molar-refractivity contribution in [2.45, 2.75) is 0 Å². The summed E-state index contributed by atoms with van der Waals surface area (Å²) in [6, 6.07) is 13.7. The smallest absolute Gasteiger partial charge is 0.259 e. The molecule has 0 fully saturated rings. The molecule has 108 valence electrons. The molecular weight excluding hydrogens is 396 g/mol. The lowest BCUT2D eigenvalue weighted by Crippen LogP contribution is -2.42. The molecule has 0 saturated heterocycles. The van der Waals surface area contributed by atoms with Gasteiger partial charge in [0.05, 0.1) is 16.9 Å². The van der Waals surface area contributed by atoms with Gasteiger partial charge in [-0.3, -0.25) is 4.79 Å². The summed E-state index contributed by atoms with van der Waals surface area (Å²) < 4.78 is 1.71. The van der Waals surface area contributed by atoms with Gasteiger partial charge in [0.1, 0.15) is 0 Å². The first-order valence-electron chi connectivity index (χ1n) is 6.65. The Bertz CT molecular complexity index is 702. The molecule has 1 heterocycles. The van der Waals surface area contributed by atoms with Crippen LogP contribution < -0.4 is 9.80 Å². The number of amides is 1. The fraction of sp³-hybridized carbons (Fsp3) is 0.188. The molecule has 0 unspecified atom stereocenters. The molecule has 5 heteroatoms. The Morgan fingerprint density at radius 1 is 1.05 bits per heavy atom. The Morgan fingerprint density at radius 2 is 1.76 bits per heavy atom. The van der Waals surface area contributed by atoms with Gasteiger partial charge in [0.15, 0.2) is 0 Å². The van der Waals surface area contributed by atoms with E-state index in [4.69, 9.17) is 0 Å². The van der Waals surface area contributed by atoms with Crippen molar-refractivity contribution in [3.05, 3.63) is 57.0 Å². The van der Waals surface area contributed by atoms with Crippen LogP contribution in [0.25, 0.3) is 0 Å². The summed E-state index contributed by atoms with van der Waals surface area (Å²) in [5, 5.41) is 0. The molecular formula is C16H14Br2N2O. The highest BCUT2D eigenvalue weighted by atomic mass is 79.9. The van der Waals surface area contributed by atoms with Crippen LogP contribution in [0.5, 0.6) is 0 Å². The largest absolute Gasteiger partial charge is 0.371 e. The number of carbonyl (C=O) groups excluding carboxylic acids is 1. The van der Waals surface area contributed by atoms with Gasteiger partial charge in [0, 0.05) is 29.1 Å². The fourth-order valence-electron chi connectivity index (χ4n) is 2.52. The lowest BCUT2D eigenvalue weighted by atomic mass is 10.1. The van der Waals surface area contributed by atoms with Gasteiger partial charge < -0.3 is 9.80 Å². The predicted octanol–water partition coefficient (Wildman–Crippen LogP) is 4.31. The SMILES string of the molecule is CN1CCN(C(=O)c2cc(Br)ccc2Br)c2ccccc21. The summed E-state index contributed by atoms with van der Waals surface area (Å²) in [5.41, 5.74) is 2.72. The van der Waals surface area contributed by atoms with Crippen molar-refractivity contribution < 1.29 is 4.79 Å². The fourth-order valence-corrected chi connectivity index (χ4v) is 3.30. The molecule has 0 bridgehead atoms. The van der Waals surface area contributed by atoms with Crippen LogP contribution in [0.15, 0.2) is 51.4 Å². The van der Waals surface area contributed by atoms with Gasteiger partial charge in [-0.25, -0.2) is 0 Å². The molecule has 21 heavy (non-hydrogen) atoms. The maximum Gasteiger partial charge on any atom is 0.259 e. The summed E-state index contributed by atoms with van der Waals surface area (Å²) in [7, 11) is 2.05. The van der Waals surface area contributed by atoms with E-state index in [1.807, 2.05) is 47.4 Å². The van der Waals surface area contributed by atoms with E-state index in [2.05, 4.69) is 43.8 Å². The normalized spacial score (nSPS) is 14.0. The van der Waals surface area contributed by atoms with Gasteiger partial charge in [-0.1, -0.05) is 28.1 Å². The first kappa shape index (κ1) is 14.6. The quantitative estimate of drug-likeness (QED) is 0.700. The molecule has 0 saturated carbocycles. The monoisotopic (exact) mass is 408 g/mol. The van der Waals surface area contributed by atoms with Gasteiger partial charge in [-0.15, -0.1) is 0 Å². The van der Waals surface area contributed by atoms with Crippen molar-refractivity contribution >= 4 is 49.1 Å². The number of benzene rings is 2. The number of hydrogen-bond donors (Lipinski definition) is 0. The Balaban J connectivity index is 2.03. The van der Waals surface area contributed by atoms with Crippen LogP contribution in [0.1, 0.15) is 10.4 Å². The molecule has 1 aliphatic rings. The standard InChI is InChI=1S/C16H14Br2N2O/c1-19-8-9-20(15-5-3-2-4-14(15)19)16(21)12-10-11(17)6-7-13(12)18/h2-7,10H,8-9H2,1H3. The van der Waals surface area contributed by atoms with Crippen molar-refractivity contribution in [3.8, 4) is 0 Å². The minimum atomic E-state index is 0.0173. The summed E-state index contributed by atoms with van der Waals surface area (Å²) in [6.07, 6.45) is 0. The van der Waals surface area contributed by atoms with E-state index in [1.165, 1.54) is 0 Å². The number of anilines is 2. The minimum Gasteiger partial charge on any atom is -0.371 e. The zero-order chi connectivity index (χ0) is 15.0. The van der Waals surface area contributed by atoms with Crippen molar-refractivity contribution in [1.29, 1.82) is 0 Å². The second kappa shape index (κ2) is 5.81. The lowest BCUT2D eigenvalue weighted by molar-refractivity contribution is 0.0986. The molecule has 2 aromatic carbocycles. The third-order valence-corrected chi connectivity index (χ3v) is 4.83. The van der Waals surface area contributed by atoms with E-state index in [0.717, 1.165) is 26.9 Å². The van der Waals surface area contributed by atoms with E-state index in [0.29, 0.717) is 12.1 Å². The van der Waals surface area contributed by atoms with Crippen LogP contribution in [0.3, 0.4) is 0 Å². The highest BCUT2D eigenvalue weighted by Gasteiger charge is 2.26. The minimum absolute atomic E-state index is 0.0173. The van der Waals surface area contributed by atoms with Crippen LogP contribution in [0.2, 0.25) is 0 Å². The van der Waals surface area contributed by atoms with E-state index in [9.17, 15) is 4.79 Å². The molecule has 3 nitrogen and oxygen atoms in total. The van der Waals surface area contributed by atoms with Gasteiger partial charge in [0.2, 0.25) is 0 Å². The zero-order valence-corrected chi connectivity index (χ0v) is 14.7. The number of carbonyl (C=O) groups is 1. The molecule has 0 spiro atoms. The third-order valence-electron chi connectivity index (χ3n) is 3.65. The molecule has 0 aliphatic carbocycles. The number of nitrogens with zero attached hydrogens (tertiary/aromatic N) is 2. The number of rotatable bonds is 1. The number of likely N-dealkylation sites (N-methyl/N-ethyl adjacent to an activating group) is 1. The molecule has 3 rings (SSSR count). The summed E-state index contributed by atoms with van der Waals surface area (Å²) in [6.45, 7) is 1.51. The Morgan fingerprint density at radius 3 is 2.52 bits per heavy atom. The van der Waals surface area contributed by atoms with Crippen molar-refractivity contribution in [2.75, 3.05) is 29.9 Å². The number of hydrogen-bond acceptors (Lipinski definition) is 2.